The minimum Gasteiger partial charge on any atom is -0.378 e. The molecule has 0 radical (unpaired) electrons. The lowest BCUT2D eigenvalue weighted by molar-refractivity contribution is 0.0404. The van der Waals surface area contributed by atoms with E-state index in [-0.39, 0.29) is 16.8 Å². The summed E-state index contributed by atoms with van der Waals surface area (Å²) in [4.78, 5) is 0.138. The van der Waals surface area contributed by atoms with E-state index in [9.17, 15) is 8.42 Å². The van der Waals surface area contributed by atoms with Crippen molar-refractivity contribution in [2.24, 2.45) is 0 Å². The van der Waals surface area contributed by atoms with Crippen molar-refractivity contribution < 1.29 is 17.7 Å². The number of hydrogen-bond acceptors (Lipinski definition) is 5. The summed E-state index contributed by atoms with van der Waals surface area (Å²) in [6.07, 6.45) is 0. The predicted octanol–water partition coefficient (Wildman–Crippen LogP) is 0.920. The Morgan fingerprint density at radius 2 is 2.22 bits per heavy atom. The van der Waals surface area contributed by atoms with Gasteiger partial charge in [0.05, 0.1) is 19.3 Å². The summed E-state index contributed by atoms with van der Waals surface area (Å²) in [6.45, 7) is 4.18. The van der Waals surface area contributed by atoms with Crippen LogP contribution >= 0.6 is 11.6 Å². The Morgan fingerprint density at radius 3 is 2.78 bits per heavy atom. The minimum atomic E-state index is -3.63. The quantitative estimate of drug-likeness (QED) is 0.775. The third-order valence-electron chi connectivity index (χ3n) is 2.89. The number of nitrogens with zero attached hydrogens (tertiary/aromatic N) is 2. The van der Waals surface area contributed by atoms with E-state index in [1.807, 2.05) is 0 Å². The van der Waals surface area contributed by atoms with Gasteiger partial charge in [-0.1, -0.05) is 5.16 Å². The van der Waals surface area contributed by atoms with Crippen molar-refractivity contribution in [1.29, 1.82) is 0 Å². The van der Waals surface area contributed by atoms with Crippen LogP contribution in [0.3, 0.4) is 0 Å². The number of ether oxygens (including phenoxy) is 1. The third-order valence-corrected chi connectivity index (χ3v) is 5.44. The van der Waals surface area contributed by atoms with Crippen LogP contribution in [0.5, 0.6) is 0 Å². The number of aryl methyl sites for hydroxylation is 2. The molecule has 102 valence electrons. The van der Waals surface area contributed by atoms with Gasteiger partial charge in [0.25, 0.3) is 0 Å². The van der Waals surface area contributed by atoms with E-state index in [1.54, 1.807) is 13.8 Å². The molecule has 18 heavy (non-hydrogen) atoms. The summed E-state index contributed by atoms with van der Waals surface area (Å²) in [6, 6.07) is -0.348. The molecule has 1 saturated heterocycles. The molecule has 1 aliphatic rings. The van der Waals surface area contributed by atoms with Crippen molar-refractivity contribution in [3.05, 3.63) is 11.5 Å². The van der Waals surface area contributed by atoms with E-state index >= 15 is 0 Å². The zero-order chi connectivity index (χ0) is 13.3. The minimum absolute atomic E-state index is 0.138. The van der Waals surface area contributed by atoms with Crippen LogP contribution in [-0.2, 0) is 14.8 Å². The van der Waals surface area contributed by atoms with Gasteiger partial charge in [0.15, 0.2) is 5.76 Å². The molecule has 1 fully saturated rings. The van der Waals surface area contributed by atoms with Crippen LogP contribution in [0.15, 0.2) is 9.42 Å². The first-order valence-electron chi connectivity index (χ1n) is 5.57. The maximum Gasteiger partial charge on any atom is 0.248 e. The Bertz CT molecular complexity index is 508. The molecule has 1 atom stereocenters. The van der Waals surface area contributed by atoms with Crippen LogP contribution < -0.4 is 0 Å². The second-order valence-electron chi connectivity index (χ2n) is 4.15. The summed E-state index contributed by atoms with van der Waals surface area (Å²) >= 11 is 5.80. The van der Waals surface area contributed by atoms with Gasteiger partial charge in [0.2, 0.25) is 10.0 Å². The zero-order valence-electron chi connectivity index (χ0n) is 10.2. The molecule has 1 aromatic heterocycles. The fraction of sp³-hybridized carbons (Fsp3) is 0.700. The fourth-order valence-corrected chi connectivity index (χ4v) is 4.26. The van der Waals surface area contributed by atoms with Gasteiger partial charge in [-0.15, -0.1) is 11.6 Å². The normalized spacial score (nSPS) is 22.3. The molecule has 2 heterocycles. The summed E-state index contributed by atoms with van der Waals surface area (Å²) in [5.41, 5.74) is 0.368. The second kappa shape index (κ2) is 5.16. The third kappa shape index (κ3) is 2.27. The molecular formula is C10H15ClN2O4S. The molecule has 2 rings (SSSR count). The van der Waals surface area contributed by atoms with Crippen LogP contribution in [-0.4, -0.2) is 49.6 Å². The van der Waals surface area contributed by atoms with Crippen LogP contribution in [0.25, 0.3) is 0 Å². The largest absolute Gasteiger partial charge is 0.378 e. The average Bonchev–Trinajstić information content (AvgIpc) is 2.69. The lowest BCUT2D eigenvalue weighted by Gasteiger charge is -2.33. The maximum atomic E-state index is 12.6. The number of rotatable bonds is 3. The molecule has 0 aromatic carbocycles. The van der Waals surface area contributed by atoms with Gasteiger partial charge in [0, 0.05) is 12.4 Å². The highest BCUT2D eigenvalue weighted by Crippen LogP contribution is 2.26. The van der Waals surface area contributed by atoms with Gasteiger partial charge in [-0.25, -0.2) is 8.42 Å². The fourth-order valence-electron chi connectivity index (χ4n) is 2.04. The van der Waals surface area contributed by atoms with Crippen LogP contribution in [0.1, 0.15) is 11.5 Å². The highest BCUT2D eigenvalue weighted by molar-refractivity contribution is 7.89. The second-order valence-corrected chi connectivity index (χ2v) is 6.29. The van der Waals surface area contributed by atoms with Crippen molar-refractivity contribution in [2.75, 3.05) is 25.6 Å². The van der Waals surface area contributed by atoms with Gasteiger partial charge in [-0.2, -0.15) is 4.31 Å². The first-order valence-corrected chi connectivity index (χ1v) is 7.54. The van der Waals surface area contributed by atoms with Crippen molar-refractivity contribution in [3.8, 4) is 0 Å². The summed E-state index contributed by atoms with van der Waals surface area (Å²) in [5.74, 6) is 0.495. The molecule has 1 aliphatic heterocycles. The molecule has 0 N–H and O–H groups in total. The van der Waals surface area contributed by atoms with Crippen LogP contribution in [0, 0.1) is 13.8 Å². The number of morpholine rings is 1. The van der Waals surface area contributed by atoms with Gasteiger partial charge >= 0.3 is 0 Å². The molecule has 0 aliphatic carbocycles. The molecule has 0 bridgehead atoms. The van der Waals surface area contributed by atoms with Gasteiger partial charge in [-0.3, -0.25) is 0 Å². The number of hydrogen-bond donors (Lipinski definition) is 0. The lowest BCUT2D eigenvalue weighted by atomic mass is 10.3. The van der Waals surface area contributed by atoms with Crippen LogP contribution in [0.4, 0.5) is 0 Å². The Kier molecular flexibility index (Phi) is 3.96. The lowest BCUT2D eigenvalue weighted by Crippen LogP contribution is -2.49. The van der Waals surface area contributed by atoms with Crippen molar-refractivity contribution in [2.45, 2.75) is 24.8 Å². The van der Waals surface area contributed by atoms with Crippen molar-refractivity contribution in [1.82, 2.24) is 9.46 Å². The predicted molar refractivity (Wildman–Crippen MR) is 65.2 cm³/mol. The van der Waals surface area contributed by atoms with E-state index in [1.165, 1.54) is 4.31 Å². The van der Waals surface area contributed by atoms with Crippen LogP contribution in [0.2, 0.25) is 0 Å². The standard InChI is InChI=1S/C10H15ClN2O4S/c1-7-10(8(2)17-12-7)18(14,15)13-3-4-16-6-9(13)5-11/h9H,3-6H2,1-2H3. The van der Waals surface area contributed by atoms with Crippen molar-refractivity contribution >= 4 is 21.6 Å². The number of halogens is 1. The van der Waals surface area contributed by atoms with E-state index in [0.29, 0.717) is 31.2 Å². The van der Waals surface area contributed by atoms with E-state index in [0.717, 1.165) is 0 Å². The Labute approximate surface area is 111 Å². The molecule has 6 nitrogen and oxygen atoms in total. The summed E-state index contributed by atoms with van der Waals surface area (Å²) in [7, 11) is -3.63. The summed E-state index contributed by atoms with van der Waals surface area (Å²) < 4.78 is 36.7. The number of sulfonamides is 1. The average molecular weight is 295 g/mol. The molecule has 1 unspecified atom stereocenters. The van der Waals surface area contributed by atoms with Gasteiger partial charge in [0.1, 0.15) is 10.6 Å². The first kappa shape index (κ1) is 13.8. The molecule has 8 heteroatoms. The monoisotopic (exact) mass is 294 g/mol. The molecule has 0 spiro atoms. The topological polar surface area (TPSA) is 72.6 Å². The molecular weight excluding hydrogens is 280 g/mol. The van der Waals surface area contributed by atoms with E-state index in [4.69, 9.17) is 20.9 Å². The first-order chi connectivity index (χ1) is 8.48. The SMILES string of the molecule is Cc1noc(C)c1S(=O)(=O)N1CCOCC1CCl. The Hall–Kier alpha value is -0.630. The van der Waals surface area contributed by atoms with E-state index < -0.39 is 10.0 Å². The maximum absolute atomic E-state index is 12.6. The number of alkyl halides is 1. The van der Waals surface area contributed by atoms with Gasteiger partial charge < -0.3 is 9.26 Å². The highest BCUT2D eigenvalue weighted by Gasteiger charge is 2.37. The zero-order valence-corrected chi connectivity index (χ0v) is 11.8. The molecule has 0 amide bonds. The number of aromatic nitrogens is 1. The molecule has 0 saturated carbocycles. The van der Waals surface area contributed by atoms with Gasteiger partial charge in [-0.05, 0) is 13.8 Å². The smallest absolute Gasteiger partial charge is 0.248 e. The molecule has 1 aromatic rings. The Morgan fingerprint density at radius 1 is 1.50 bits per heavy atom. The highest BCUT2D eigenvalue weighted by atomic mass is 35.5. The van der Waals surface area contributed by atoms with Crippen molar-refractivity contribution in [3.63, 3.8) is 0 Å². The van der Waals surface area contributed by atoms with E-state index in [2.05, 4.69) is 5.16 Å². The summed E-state index contributed by atoms with van der Waals surface area (Å²) in [5, 5.41) is 3.68. The Balaban J connectivity index is 2.41.